The van der Waals surface area contributed by atoms with Crippen molar-refractivity contribution >= 4 is 17.8 Å². The van der Waals surface area contributed by atoms with Crippen molar-refractivity contribution in [3.05, 3.63) is 65.7 Å². The van der Waals surface area contributed by atoms with E-state index in [1.54, 1.807) is 43.3 Å². The molecule has 1 amide bonds. The molecule has 0 spiro atoms. The van der Waals surface area contributed by atoms with Gasteiger partial charge >= 0.3 is 11.9 Å². The summed E-state index contributed by atoms with van der Waals surface area (Å²) >= 11 is 0. The van der Waals surface area contributed by atoms with Crippen molar-refractivity contribution in [2.24, 2.45) is 0 Å². The van der Waals surface area contributed by atoms with E-state index in [9.17, 15) is 19.5 Å². The Balaban J connectivity index is 2.23. The van der Waals surface area contributed by atoms with Crippen LogP contribution in [-0.4, -0.2) is 35.6 Å². The Kier molecular flexibility index (Phi) is 7.08. The lowest BCUT2D eigenvalue weighted by Gasteiger charge is -2.23. The third-order valence-electron chi connectivity index (χ3n) is 3.64. The molecular weight excluding hydrogens is 350 g/mol. The van der Waals surface area contributed by atoms with Gasteiger partial charge in [0.25, 0.3) is 5.91 Å². The van der Waals surface area contributed by atoms with Crippen LogP contribution in [0.4, 0.5) is 0 Å². The molecular formula is C20H21NO6. The predicted octanol–water partition coefficient (Wildman–Crippen LogP) is 2.01. The summed E-state index contributed by atoms with van der Waals surface area (Å²) in [6, 6.07) is 13.1. The summed E-state index contributed by atoms with van der Waals surface area (Å²) in [6.45, 7) is 2.99. The molecule has 0 fully saturated rings. The fourth-order valence-corrected chi connectivity index (χ4v) is 2.43. The maximum absolute atomic E-state index is 12.6. The molecule has 7 heteroatoms. The molecule has 2 aromatic carbocycles. The van der Waals surface area contributed by atoms with Gasteiger partial charge in [0.05, 0.1) is 6.61 Å². The molecule has 2 N–H and O–H groups in total. The number of ether oxygens (including phenoxy) is 2. The molecule has 2 rings (SSSR count). The maximum atomic E-state index is 12.6. The largest absolute Gasteiger partial charge is 0.464 e. The van der Waals surface area contributed by atoms with Gasteiger partial charge in [0.15, 0.2) is 6.04 Å². The van der Waals surface area contributed by atoms with E-state index in [0.29, 0.717) is 5.56 Å². The first kappa shape index (κ1) is 20.1. The summed E-state index contributed by atoms with van der Waals surface area (Å²) in [5, 5.41) is 13.1. The molecule has 2 aromatic rings. The van der Waals surface area contributed by atoms with Gasteiger partial charge < -0.3 is 19.9 Å². The fraction of sp³-hybridized carbons (Fsp3) is 0.250. The second-order valence-electron chi connectivity index (χ2n) is 5.68. The van der Waals surface area contributed by atoms with E-state index in [1.807, 2.05) is 0 Å². The molecule has 0 aliphatic heterocycles. The van der Waals surface area contributed by atoms with Crippen molar-refractivity contribution in [2.75, 3.05) is 6.61 Å². The normalized spacial score (nSPS) is 12.6. The summed E-state index contributed by atoms with van der Waals surface area (Å²) in [7, 11) is 0. The van der Waals surface area contributed by atoms with Gasteiger partial charge in [-0.15, -0.1) is 0 Å². The van der Waals surface area contributed by atoms with Crippen LogP contribution in [0.15, 0.2) is 54.6 Å². The highest BCUT2D eigenvalue weighted by Gasteiger charge is 2.31. The summed E-state index contributed by atoms with van der Waals surface area (Å²) in [5.41, 5.74) is 0.632. The number of carbonyl (C=O) groups excluding carboxylic acids is 3. The van der Waals surface area contributed by atoms with E-state index in [1.165, 1.54) is 25.1 Å². The number of carbonyl (C=O) groups is 3. The average molecular weight is 371 g/mol. The van der Waals surface area contributed by atoms with Crippen LogP contribution in [0.2, 0.25) is 0 Å². The van der Waals surface area contributed by atoms with E-state index in [4.69, 9.17) is 9.47 Å². The number of nitrogens with one attached hydrogen (secondary N) is 1. The standard InChI is InChI=1S/C20H21NO6/c1-3-26-20(25)17(18(23)14-8-5-4-6-9-14)21-19(24)15-10-7-11-16(12-15)27-13(2)22/h4-12,17-18,23H,3H2,1-2H3,(H,21,24). The second kappa shape index (κ2) is 9.49. The number of aliphatic hydroxyl groups is 1. The molecule has 0 aliphatic rings. The lowest BCUT2D eigenvalue weighted by molar-refractivity contribution is -0.148. The SMILES string of the molecule is CCOC(=O)C(NC(=O)c1cccc(OC(C)=O)c1)C(O)c1ccccc1. The summed E-state index contributed by atoms with van der Waals surface area (Å²) in [5.74, 6) is -1.68. The van der Waals surface area contributed by atoms with Gasteiger partial charge in [0.2, 0.25) is 0 Å². The van der Waals surface area contributed by atoms with Crippen molar-refractivity contribution in [1.82, 2.24) is 5.32 Å². The van der Waals surface area contributed by atoms with Crippen molar-refractivity contribution in [3.8, 4) is 5.75 Å². The van der Waals surface area contributed by atoms with Crippen LogP contribution in [0.25, 0.3) is 0 Å². The molecule has 0 saturated carbocycles. The second-order valence-corrected chi connectivity index (χ2v) is 5.68. The number of aliphatic hydroxyl groups excluding tert-OH is 1. The van der Waals surface area contributed by atoms with Crippen LogP contribution in [0.1, 0.15) is 35.9 Å². The van der Waals surface area contributed by atoms with E-state index in [-0.39, 0.29) is 17.9 Å². The average Bonchev–Trinajstić information content (AvgIpc) is 2.66. The number of esters is 2. The summed E-state index contributed by atoms with van der Waals surface area (Å²) in [4.78, 5) is 35.9. The van der Waals surface area contributed by atoms with E-state index in [2.05, 4.69) is 5.32 Å². The lowest BCUT2D eigenvalue weighted by Crippen LogP contribution is -2.46. The Morgan fingerprint density at radius 2 is 1.78 bits per heavy atom. The molecule has 142 valence electrons. The highest BCUT2D eigenvalue weighted by molar-refractivity contribution is 5.97. The molecule has 0 heterocycles. The monoisotopic (exact) mass is 371 g/mol. The van der Waals surface area contributed by atoms with Crippen molar-refractivity contribution in [1.29, 1.82) is 0 Å². The number of amides is 1. The summed E-state index contributed by atoms with van der Waals surface area (Å²) in [6.07, 6.45) is -1.29. The Morgan fingerprint density at radius 1 is 1.07 bits per heavy atom. The number of rotatable bonds is 7. The Morgan fingerprint density at radius 3 is 2.41 bits per heavy atom. The zero-order valence-electron chi connectivity index (χ0n) is 15.0. The maximum Gasteiger partial charge on any atom is 0.331 e. The number of hydrogen-bond donors (Lipinski definition) is 2. The molecule has 0 radical (unpaired) electrons. The molecule has 0 aliphatic carbocycles. The molecule has 27 heavy (non-hydrogen) atoms. The van der Waals surface area contributed by atoms with Crippen LogP contribution < -0.4 is 10.1 Å². The molecule has 0 bridgehead atoms. The van der Waals surface area contributed by atoms with Gasteiger partial charge in [-0.3, -0.25) is 9.59 Å². The lowest BCUT2D eigenvalue weighted by atomic mass is 10.0. The minimum atomic E-state index is -1.29. The van der Waals surface area contributed by atoms with Gasteiger partial charge in [0.1, 0.15) is 11.9 Å². The van der Waals surface area contributed by atoms with Crippen molar-refractivity contribution < 1.29 is 29.0 Å². The van der Waals surface area contributed by atoms with Crippen LogP contribution in [0.3, 0.4) is 0 Å². The van der Waals surface area contributed by atoms with Gasteiger partial charge in [-0.2, -0.15) is 0 Å². The van der Waals surface area contributed by atoms with Crippen LogP contribution in [-0.2, 0) is 14.3 Å². The minimum absolute atomic E-state index is 0.106. The van der Waals surface area contributed by atoms with Gasteiger partial charge in [0, 0.05) is 12.5 Å². The third kappa shape index (κ3) is 5.65. The van der Waals surface area contributed by atoms with Crippen LogP contribution in [0.5, 0.6) is 5.75 Å². The first-order valence-electron chi connectivity index (χ1n) is 8.41. The van der Waals surface area contributed by atoms with Gasteiger partial charge in [-0.05, 0) is 30.7 Å². The van der Waals surface area contributed by atoms with Gasteiger partial charge in [-0.1, -0.05) is 36.4 Å². The third-order valence-corrected chi connectivity index (χ3v) is 3.64. The van der Waals surface area contributed by atoms with Crippen molar-refractivity contribution in [2.45, 2.75) is 26.0 Å². The minimum Gasteiger partial charge on any atom is -0.464 e. The Hall–Kier alpha value is -3.19. The quantitative estimate of drug-likeness (QED) is 0.570. The predicted molar refractivity (Wildman–Crippen MR) is 97.0 cm³/mol. The highest BCUT2D eigenvalue weighted by atomic mass is 16.5. The number of hydrogen-bond acceptors (Lipinski definition) is 6. The fourth-order valence-electron chi connectivity index (χ4n) is 2.43. The van der Waals surface area contributed by atoms with Gasteiger partial charge in [-0.25, -0.2) is 4.79 Å². The first-order valence-corrected chi connectivity index (χ1v) is 8.41. The number of benzene rings is 2. The van der Waals surface area contributed by atoms with Crippen LogP contribution in [0, 0.1) is 0 Å². The Labute approximate surface area is 156 Å². The molecule has 0 saturated heterocycles. The van der Waals surface area contributed by atoms with E-state index < -0.39 is 30.0 Å². The highest BCUT2D eigenvalue weighted by Crippen LogP contribution is 2.19. The van der Waals surface area contributed by atoms with E-state index in [0.717, 1.165) is 0 Å². The molecule has 2 atom stereocenters. The molecule has 2 unspecified atom stereocenters. The molecule has 0 aromatic heterocycles. The van der Waals surface area contributed by atoms with E-state index >= 15 is 0 Å². The first-order chi connectivity index (χ1) is 12.9. The Bertz CT molecular complexity index is 805. The van der Waals surface area contributed by atoms with Crippen LogP contribution >= 0.6 is 0 Å². The summed E-state index contributed by atoms with van der Waals surface area (Å²) < 4.78 is 9.93. The van der Waals surface area contributed by atoms with Crippen molar-refractivity contribution in [3.63, 3.8) is 0 Å². The zero-order chi connectivity index (χ0) is 19.8. The molecule has 7 nitrogen and oxygen atoms in total. The smallest absolute Gasteiger partial charge is 0.331 e. The zero-order valence-corrected chi connectivity index (χ0v) is 15.0. The topological polar surface area (TPSA) is 102 Å².